The highest BCUT2D eigenvalue weighted by Crippen LogP contribution is 2.31. The molecule has 1 aromatic heterocycles. The molecule has 0 aliphatic heterocycles. The number of halogens is 1. The van der Waals surface area contributed by atoms with E-state index in [0.29, 0.717) is 6.04 Å². The highest BCUT2D eigenvalue weighted by molar-refractivity contribution is 9.10. The first-order valence-electron chi connectivity index (χ1n) is 6.88. The lowest BCUT2D eigenvalue weighted by molar-refractivity contribution is 0.356. The Bertz CT molecular complexity index is 544. The molecule has 0 radical (unpaired) electrons. The summed E-state index contributed by atoms with van der Waals surface area (Å²) in [5.74, 6) is 0.949. The Kier molecular flexibility index (Phi) is 3.87. The molecule has 0 atom stereocenters. The summed E-state index contributed by atoms with van der Waals surface area (Å²) in [5, 5.41) is 3.41. The molecular formula is C15H18BrN3. The summed E-state index contributed by atoms with van der Waals surface area (Å²) in [6.07, 6.45) is 10.6. The maximum atomic E-state index is 4.45. The van der Waals surface area contributed by atoms with E-state index in [2.05, 4.69) is 49.1 Å². The third-order valence-electron chi connectivity index (χ3n) is 3.72. The predicted molar refractivity (Wildman–Crippen MR) is 81.8 cm³/mol. The molecule has 0 bridgehead atoms. The smallest absolute Gasteiger partial charge is 0.207 e. The molecule has 1 fully saturated rings. The van der Waals surface area contributed by atoms with Crippen LogP contribution in [-0.2, 0) is 0 Å². The second-order valence-electron chi connectivity index (χ2n) is 5.09. The van der Waals surface area contributed by atoms with Gasteiger partial charge in [-0.3, -0.25) is 0 Å². The number of nitrogens with one attached hydrogen (secondary N) is 1. The number of hydrogen-bond donors (Lipinski definition) is 1. The standard InChI is InChI=1S/C15H18BrN3/c16-12-5-4-6-13(11-12)18-15-17-9-10-19(15)14-7-2-1-3-8-14/h4-6,9-11,14H,1-3,7-8H2,(H,17,18). The van der Waals surface area contributed by atoms with Crippen LogP contribution in [0.4, 0.5) is 11.6 Å². The van der Waals surface area contributed by atoms with Crippen LogP contribution in [0.3, 0.4) is 0 Å². The average molecular weight is 320 g/mol. The lowest BCUT2D eigenvalue weighted by Gasteiger charge is -2.24. The number of anilines is 2. The molecule has 1 aromatic carbocycles. The summed E-state index contributed by atoms with van der Waals surface area (Å²) >= 11 is 3.49. The fourth-order valence-electron chi connectivity index (χ4n) is 2.76. The quantitative estimate of drug-likeness (QED) is 0.872. The molecule has 1 N–H and O–H groups in total. The minimum Gasteiger partial charge on any atom is -0.326 e. The van der Waals surface area contributed by atoms with Crippen LogP contribution in [0.5, 0.6) is 0 Å². The van der Waals surface area contributed by atoms with E-state index in [9.17, 15) is 0 Å². The zero-order valence-electron chi connectivity index (χ0n) is 10.8. The van der Waals surface area contributed by atoms with Gasteiger partial charge in [0.25, 0.3) is 0 Å². The molecule has 19 heavy (non-hydrogen) atoms. The van der Waals surface area contributed by atoms with E-state index < -0.39 is 0 Å². The van der Waals surface area contributed by atoms with Crippen LogP contribution >= 0.6 is 15.9 Å². The second kappa shape index (κ2) is 5.78. The van der Waals surface area contributed by atoms with Gasteiger partial charge in [-0.15, -0.1) is 0 Å². The Morgan fingerprint density at radius 2 is 2.05 bits per heavy atom. The molecule has 0 unspecified atom stereocenters. The van der Waals surface area contributed by atoms with E-state index in [4.69, 9.17) is 0 Å². The molecule has 1 heterocycles. The van der Waals surface area contributed by atoms with E-state index in [1.54, 1.807) is 0 Å². The van der Waals surface area contributed by atoms with E-state index >= 15 is 0 Å². The number of aromatic nitrogens is 2. The largest absolute Gasteiger partial charge is 0.326 e. The Balaban J connectivity index is 1.80. The minimum absolute atomic E-state index is 0.603. The molecule has 1 aliphatic rings. The maximum Gasteiger partial charge on any atom is 0.207 e. The van der Waals surface area contributed by atoms with E-state index in [-0.39, 0.29) is 0 Å². The van der Waals surface area contributed by atoms with Crippen LogP contribution in [0, 0.1) is 0 Å². The SMILES string of the molecule is Brc1cccc(Nc2nccn2C2CCCCC2)c1. The van der Waals surface area contributed by atoms with E-state index in [1.165, 1.54) is 32.1 Å². The molecule has 0 amide bonds. The van der Waals surface area contributed by atoms with Gasteiger partial charge in [0.15, 0.2) is 0 Å². The summed E-state index contributed by atoms with van der Waals surface area (Å²) in [6.45, 7) is 0. The second-order valence-corrected chi connectivity index (χ2v) is 6.00. The van der Waals surface area contributed by atoms with Gasteiger partial charge in [0.1, 0.15) is 0 Å². The van der Waals surface area contributed by atoms with Gasteiger partial charge in [-0.2, -0.15) is 0 Å². The molecule has 100 valence electrons. The van der Waals surface area contributed by atoms with Crippen LogP contribution in [0.25, 0.3) is 0 Å². The lowest BCUT2D eigenvalue weighted by atomic mass is 9.95. The summed E-state index contributed by atoms with van der Waals surface area (Å²) in [4.78, 5) is 4.45. The molecule has 1 saturated carbocycles. The topological polar surface area (TPSA) is 29.9 Å². The van der Waals surface area contributed by atoms with Gasteiger partial charge in [0, 0.05) is 28.6 Å². The summed E-state index contributed by atoms with van der Waals surface area (Å²) in [5.41, 5.74) is 1.07. The molecule has 3 nitrogen and oxygen atoms in total. The van der Waals surface area contributed by atoms with Gasteiger partial charge >= 0.3 is 0 Å². The fourth-order valence-corrected chi connectivity index (χ4v) is 3.16. The first-order valence-corrected chi connectivity index (χ1v) is 7.67. The molecule has 4 heteroatoms. The first kappa shape index (κ1) is 12.7. The number of rotatable bonds is 3. The van der Waals surface area contributed by atoms with E-state index in [0.717, 1.165) is 16.1 Å². The number of hydrogen-bond acceptors (Lipinski definition) is 2. The molecule has 2 aromatic rings. The van der Waals surface area contributed by atoms with Gasteiger partial charge in [0.05, 0.1) is 0 Å². The van der Waals surface area contributed by atoms with Crippen molar-refractivity contribution >= 4 is 27.6 Å². The highest BCUT2D eigenvalue weighted by Gasteiger charge is 2.17. The van der Waals surface area contributed by atoms with Crippen molar-refractivity contribution < 1.29 is 0 Å². The van der Waals surface area contributed by atoms with Gasteiger partial charge in [-0.25, -0.2) is 4.98 Å². The van der Waals surface area contributed by atoms with Crippen molar-refractivity contribution in [2.75, 3.05) is 5.32 Å². The van der Waals surface area contributed by atoms with E-state index in [1.807, 2.05) is 18.3 Å². The van der Waals surface area contributed by atoms with Crippen LogP contribution in [0.1, 0.15) is 38.1 Å². The van der Waals surface area contributed by atoms with Gasteiger partial charge in [-0.1, -0.05) is 41.3 Å². The van der Waals surface area contributed by atoms with Crippen molar-refractivity contribution in [1.82, 2.24) is 9.55 Å². The Morgan fingerprint density at radius 1 is 1.21 bits per heavy atom. The molecule has 1 aliphatic carbocycles. The molecule has 0 spiro atoms. The zero-order chi connectivity index (χ0) is 13.1. The third kappa shape index (κ3) is 3.00. The Hall–Kier alpha value is -1.29. The number of nitrogens with zero attached hydrogens (tertiary/aromatic N) is 2. The molecule has 0 saturated heterocycles. The first-order chi connectivity index (χ1) is 9.33. The van der Waals surface area contributed by atoms with Crippen molar-refractivity contribution in [1.29, 1.82) is 0 Å². The lowest BCUT2D eigenvalue weighted by Crippen LogP contribution is -2.14. The monoisotopic (exact) mass is 319 g/mol. The number of benzene rings is 1. The maximum absolute atomic E-state index is 4.45. The molecule has 3 rings (SSSR count). The van der Waals surface area contributed by atoms with Crippen LogP contribution in [0.15, 0.2) is 41.1 Å². The van der Waals surface area contributed by atoms with Crippen molar-refractivity contribution in [2.24, 2.45) is 0 Å². The fraction of sp³-hybridized carbons (Fsp3) is 0.400. The van der Waals surface area contributed by atoms with Crippen molar-refractivity contribution in [3.63, 3.8) is 0 Å². The van der Waals surface area contributed by atoms with Crippen LogP contribution in [0.2, 0.25) is 0 Å². The van der Waals surface area contributed by atoms with Crippen molar-refractivity contribution in [3.8, 4) is 0 Å². The van der Waals surface area contributed by atoms with Crippen LogP contribution < -0.4 is 5.32 Å². The normalized spacial score (nSPS) is 16.5. The van der Waals surface area contributed by atoms with Gasteiger partial charge in [-0.05, 0) is 31.0 Å². The predicted octanol–water partition coefficient (Wildman–Crippen LogP) is 4.89. The molecular weight excluding hydrogens is 302 g/mol. The average Bonchev–Trinajstić information content (AvgIpc) is 2.88. The van der Waals surface area contributed by atoms with Crippen molar-refractivity contribution in [3.05, 3.63) is 41.1 Å². The summed E-state index contributed by atoms with van der Waals surface area (Å²) < 4.78 is 3.37. The highest BCUT2D eigenvalue weighted by atomic mass is 79.9. The van der Waals surface area contributed by atoms with Gasteiger partial charge in [0.2, 0.25) is 5.95 Å². The van der Waals surface area contributed by atoms with Crippen LogP contribution in [-0.4, -0.2) is 9.55 Å². The Labute approximate surface area is 122 Å². The minimum atomic E-state index is 0.603. The summed E-state index contributed by atoms with van der Waals surface area (Å²) in [7, 11) is 0. The Morgan fingerprint density at radius 3 is 2.84 bits per heavy atom. The van der Waals surface area contributed by atoms with Gasteiger partial charge < -0.3 is 9.88 Å². The summed E-state index contributed by atoms with van der Waals surface area (Å²) in [6, 6.07) is 8.79. The number of imidazole rings is 1. The zero-order valence-corrected chi connectivity index (χ0v) is 12.4. The third-order valence-corrected chi connectivity index (χ3v) is 4.21. The van der Waals surface area contributed by atoms with Crippen molar-refractivity contribution in [2.45, 2.75) is 38.1 Å².